The van der Waals surface area contributed by atoms with Crippen molar-refractivity contribution in [2.45, 2.75) is 6.92 Å². The van der Waals surface area contributed by atoms with Gasteiger partial charge in [-0.15, -0.1) is 11.3 Å². The van der Waals surface area contributed by atoms with Crippen LogP contribution < -0.4 is 15.4 Å². The number of methoxy groups -OCH3 is 2. The highest BCUT2D eigenvalue weighted by atomic mass is 32.1. The van der Waals surface area contributed by atoms with Crippen LogP contribution in [0.1, 0.15) is 16.6 Å². The zero-order valence-corrected chi connectivity index (χ0v) is 10.7. The molecule has 0 spiro atoms. The molecule has 1 aromatic heterocycles. The second kappa shape index (κ2) is 5.07. The fourth-order valence-electron chi connectivity index (χ4n) is 1.25. The van der Waals surface area contributed by atoms with Gasteiger partial charge in [-0.25, -0.2) is 4.79 Å². The molecule has 0 atom stereocenters. The maximum Gasteiger partial charge on any atom is 0.350 e. The molecule has 0 bridgehead atoms. The second-order valence-electron chi connectivity index (χ2n) is 3.19. The number of nitrogens with two attached hydrogens (primary N) is 1. The van der Waals surface area contributed by atoms with E-state index < -0.39 is 5.97 Å². The Morgan fingerprint density at radius 3 is 2.56 bits per heavy atom. The summed E-state index contributed by atoms with van der Waals surface area (Å²) in [5, 5.41) is 0.836. The van der Waals surface area contributed by atoms with Crippen LogP contribution >= 0.6 is 11.3 Å². The number of rotatable bonds is 4. The Balaban J connectivity index is 3.25. The second-order valence-corrected chi connectivity index (χ2v) is 4.19. The minimum Gasteiger partial charge on any atom is -0.492 e. The number of thiophene rings is 1. The van der Waals surface area contributed by atoms with Gasteiger partial charge >= 0.3 is 5.97 Å². The van der Waals surface area contributed by atoms with Crippen LogP contribution in [0.2, 0.25) is 0 Å². The fraction of sp³-hybridized carbons (Fsp3) is 0.500. The standard InChI is InChI=1S/C10H16N2O3S/c1-5-12(2)9-7(14-3)6(11)8(16-9)10(13)15-4/h5,11H2,1-4H3. The number of nitrogens with zero attached hydrogens (tertiary/aromatic N) is 1. The molecule has 0 fully saturated rings. The van der Waals surface area contributed by atoms with Crippen molar-refractivity contribution in [3.05, 3.63) is 4.88 Å². The van der Waals surface area contributed by atoms with Crippen LogP contribution in [0.4, 0.5) is 10.7 Å². The zero-order chi connectivity index (χ0) is 12.3. The maximum atomic E-state index is 11.5. The van der Waals surface area contributed by atoms with Gasteiger partial charge in [0.15, 0.2) is 5.75 Å². The molecule has 1 rings (SSSR count). The first-order valence-electron chi connectivity index (χ1n) is 4.82. The van der Waals surface area contributed by atoms with Crippen LogP contribution in [-0.4, -0.2) is 33.8 Å². The quantitative estimate of drug-likeness (QED) is 0.815. The van der Waals surface area contributed by atoms with Crippen molar-refractivity contribution in [1.29, 1.82) is 0 Å². The summed E-state index contributed by atoms with van der Waals surface area (Å²) in [5.41, 5.74) is 6.18. The molecule has 0 unspecified atom stereocenters. The maximum absolute atomic E-state index is 11.5. The number of esters is 1. The van der Waals surface area contributed by atoms with Gasteiger partial charge < -0.3 is 20.1 Å². The zero-order valence-electron chi connectivity index (χ0n) is 9.86. The lowest BCUT2D eigenvalue weighted by molar-refractivity contribution is 0.0607. The first kappa shape index (κ1) is 12.6. The van der Waals surface area contributed by atoms with Gasteiger partial charge in [-0.05, 0) is 6.92 Å². The molecule has 2 N–H and O–H groups in total. The van der Waals surface area contributed by atoms with Gasteiger partial charge in [-0.1, -0.05) is 0 Å². The number of hydrogen-bond acceptors (Lipinski definition) is 6. The number of hydrogen-bond donors (Lipinski definition) is 1. The molecule has 0 aliphatic carbocycles. The number of nitrogen functional groups attached to an aromatic ring is 1. The third kappa shape index (κ3) is 2.06. The van der Waals surface area contributed by atoms with Crippen LogP contribution in [-0.2, 0) is 4.74 Å². The van der Waals surface area contributed by atoms with Crippen molar-refractivity contribution >= 4 is 28.0 Å². The largest absolute Gasteiger partial charge is 0.492 e. The van der Waals surface area contributed by atoms with E-state index in [1.54, 1.807) is 0 Å². The van der Waals surface area contributed by atoms with Crippen LogP contribution in [0.3, 0.4) is 0 Å². The van der Waals surface area contributed by atoms with Crippen molar-refractivity contribution in [2.75, 3.05) is 38.4 Å². The molecular weight excluding hydrogens is 228 g/mol. The van der Waals surface area contributed by atoms with E-state index in [1.807, 2.05) is 18.9 Å². The number of anilines is 2. The van der Waals surface area contributed by atoms with Crippen molar-refractivity contribution in [3.8, 4) is 5.75 Å². The summed E-state index contributed by atoms with van der Waals surface area (Å²) in [6.07, 6.45) is 0. The van der Waals surface area contributed by atoms with E-state index in [1.165, 1.54) is 25.6 Å². The number of ether oxygens (including phenoxy) is 2. The lowest BCUT2D eigenvalue weighted by Gasteiger charge is -2.15. The Kier molecular flexibility index (Phi) is 4.00. The molecule has 0 aromatic carbocycles. The highest BCUT2D eigenvalue weighted by molar-refractivity contribution is 7.19. The highest BCUT2D eigenvalue weighted by Crippen LogP contribution is 2.44. The van der Waals surface area contributed by atoms with Crippen molar-refractivity contribution in [1.82, 2.24) is 0 Å². The summed E-state index contributed by atoms with van der Waals surface area (Å²) in [5.74, 6) is 0.103. The van der Waals surface area contributed by atoms with Crippen molar-refractivity contribution < 1.29 is 14.3 Å². The Morgan fingerprint density at radius 2 is 2.12 bits per heavy atom. The molecule has 6 heteroatoms. The molecular formula is C10H16N2O3S. The Hall–Kier alpha value is -1.43. The minimum atomic E-state index is -0.434. The number of carbonyl (C=O) groups excluding carboxylic acids is 1. The van der Waals surface area contributed by atoms with E-state index in [0.717, 1.165) is 11.5 Å². The monoisotopic (exact) mass is 244 g/mol. The Bertz CT molecular complexity index is 390. The SMILES string of the molecule is CCN(C)c1sc(C(=O)OC)c(N)c1OC. The molecule has 5 nitrogen and oxygen atoms in total. The molecule has 0 radical (unpaired) electrons. The van der Waals surface area contributed by atoms with Crippen LogP contribution in [0.15, 0.2) is 0 Å². The molecule has 0 aliphatic heterocycles. The summed E-state index contributed by atoms with van der Waals surface area (Å²) in [6.45, 7) is 2.81. The summed E-state index contributed by atoms with van der Waals surface area (Å²) >= 11 is 1.28. The molecule has 0 saturated heterocycles. The van der Waals surface area contributed by atoms with Gasteiger partial charge in [0.1, 0.15) is 15.6 Å². The average Bonchev–Trinajstić information content (AvgIpc) is 2.64. The third-order valence-electron chi connectivity index (χ3n) is 2.28. The van der Waals surface area contributed by atoms with E-state index in [9.17, 15) is 4.79 Å². The minimum absolute atomic E-state index is 0.342. The van der Waals surface area contributed by atoms with E-state index in [4.69, 9.17) is 10.5 Å². The molecule has 90 valence electrons. The van der Waals surface area contributed by atoms with Crippen LogP contribution in [0, 0.1) is 0 Å². The Labute approximate surface area is 98.7 Å². The van der Waals surface area contributed by atoms with Gasteiger partial charge in [0.05, 0.1) is 14.2 Å². The predicted octanol–water partition coefficient (Wildman–Crippen LogP) is 1.58. The van der Waals surface area contributed by atoms with E-state index in [2.05, 4.69) is 4.74 Å². The summed E-state index contributed by atoms with van der Waals surface area (Å²) < 4.78 is 9.87. The molecule has 1 heterocycles. The van der Waals surface area contributed by atoms with E-state index in [0.29, 0.717) is 16.3 Å². The fourth-order valence-corrected chi connectivity index (χ4v) is 2.39. The molecule has 0 amide bonds. The highest BCUT2D eigenvalue weighted by Gasteiger charge is 2.23. The van der Waals surface area contributed by atoms with Crippen LogP contribution in [0.25, 0.3) is 0 Å². The van der Waals surface area contributed by atoms with Crippen molar-refractivity contribution in [2.24, 2.45) is 0 Å². The van der Waals surface area contributed by atoms with Gasteiger partial charge in [0.25, 0.3) is 0 Å². The van der Waals surface area contributed by atoms with E-state index >= 15 is 0 Å². The van der Waals surface area contributed by atoms with Gasteiger partial charge in [-0.3, -0.25) is 0 Å². The summed E-state index contributed by atoms with van der Waals surface area (Å²) in [7, 11) is 4.78. The summed E-state index contributed by atoms with van der Waals surface area (Å²) in [6, 6.07) is 0. The topological polar surface area (TPSA) is 64.8 Å². The Morgan fingerprint density at radius 1 is 1.50 bits per heavy atom. The lowest BCUT2D eigenvalue weighted by Crippen LogP contribution is -2.15. The first-order valence-corrected chi connectivity index (χ1v) is 5.64. The lowest BCUT2D eigenvalue weighted by atomic mass is 10.3. The predicted molar refractivity (Wildman–Crippen MR) is 65.6 cm³/mol. The summed E-state index contributed by atoms with van der Waals surface area (Å²) in [4.78, 5) is 13.8. The van der Waals surface area contributed by atoms with Gasteiger partial charge in [0.2, 0.25) is 0 Å². The molecule has 1 aromatic rings. The van der Waals surface area contributed by atoms with E-state index in [-0.39, 0.29) is 0 Å². The van der Waals surface area contributed by atoms with Crippen molar-refractivity contribution in [3.63, 3.8) is 0 Å². The van der Waals surface area contributed by atoms with Gasteiger partial charge in [-0.2, -0.15) is 0 Å². The number of carbonyl (C=O) groups is 1. The first-order chi connectivity index (χ1) is 7.56. The molecule has 0 saturated carbocycles. The van der Waals surface area contributed by atoms with Gasteiger partial charge in [0, 0.05) is 13.6 Å². The average molecular weight is 244 g/mol. The van der Waals surface area contributed by atoms with Crippen LogP contribution in [0.5, 0.6) is 5.75 Å². The smallest absolute Gasteiger partial charge is 0.350 e. The third-order valence-corrected chi connectivity index (χ3v) is 3.56. The normalized spacial score (nSPS) is 10.0. The molecule has 16 heavy (non-hydrogen) atoms. The molecule has 0 aliphatic rings.